The fourth-order valence-corrected chi connectivity index (χ4v) is 2.32. The second-order valence-electron chi connectivity index (χ2n) is 5.32. The highest BCUT2D eigenvalue weighted by atomic mass is 16.4. The van der Waals surface area contributed by atoms with Gasteiger partial charge in [-0.15, -0.1) is 0 Å². The molecule has 7 heteroatoms. The number of hydrogen-bond acceptors (Lipinski definition) is 6. The van der Waals surface area contributed by atoms with Crippen molar-refractivity contribution in [2.24, 2.45) is 0 Å². The molecule has 1 aromatic heterocycles. The Morgan fingerprint density at radius 3 is 2.44 bits per heavy atom. The number of pyridine rings is 1. The van der Waals surface area contributed by atoms with Crippen molar-refractivity contribution in [2.45, 2.75) is 19.8 Å². The SMILES string of the molecule is Cc1cc(C#N)ccc1-c1cc(C#N)c(O)c(C(=O)CCC(=O)O)n1. The number of rotatable bonds is 5. The van der Waals surface area contributed by atoms with E-state index in [4.69, 9.17) is 10.4 Å². The van der Waals surface area contributed by atoms with E-state index in [9.17, 15) is 20.0 Å². The number of nitriles is 2. The van der Waals surface area contributed by atoms with Gasteiger partial charge in [-0.1, -0.05) is 6.07 Å². The Morgan fingerprint density at radius 1 is 1.16 bits per heavy atom. The van der Waals surface area contributed by atoms with Gasteiger partial charge < -0.3 is 10.2 Å². The quantitative estimate of drug-likeness (QED) is 0.801. The Morgan fingerprint density at radius 2 is 1.88 bits per heavy atom. The molecule has 1 heterocycles. The molecule has 0 fully saturated rings. The molecule has 0 radical (unpaired) electrons. The maximum absolute atomic E-state index is 12.2. The second kappa shape index (κ2) is 7.24. The molecule has 0 bridgehead atoms. The van der Waals surface area contributed by atoms with E-state index in [1.54, 1.807) is 31.2 Å². The van der Waals surface area contributed by atoms with Gasteiger partial charge in [0.2, 0.25) is 0 Å². The van der Waals surface area contributed by atoms with E-state index in [0.29, 0.717) is 16.7 Å². The minimum atomic E-state index is -1.15. The number of carboxylic acids is 1. The zero-order valence-electron chi connectivity index (χ0n) is 13.3. The van der Waals surface area contributed by atoms with Crippen LogP contribution in [0.3, 0.4) is 0 Å². The third kappa shape index (κ3) is 3.80. The van der Waals surface area contributed by atoms with Crippen LogP contribution in [0.1, 0.15) is 40.0 Å². The maximum Gasteiger partial charge on any atom is 0.303 e. The average Bonchev–Trinajstić information content (AvgIpc) is 2.59. The molecule has 0 aliphatic carbocycles. The monoisotopic (exact) mass is 335 g/mol. The summed E-state index contributed by atoms with van der Waals surface area (Å²) in [5, 5.41) is 36.8. The van der Waals surface area contributed by atoms with Gasteiger partial charge in [0.15, 0.2) is 11.5 Å². The fraction of sp³-hybridized carbons (Fsp3) is 0.167. The number of carbonyl (C=O) groups is 2. The molecule has 0 unspecified atom stereocenters. The van der Waals surface area contributed by atoms with Crippen molar-refractivity contribution >= 4 is 11.8 Å². The first-order valence-corrected chi connectivity index (χ1v) is 7.27. The van der Waals surface area contributed by atoms with Crippen LogP contribution in [0.25, 0.3) is 11.3 Å². The van der Waals surface area contributed by atoms with Crippen LogP contribution in [-0.4, -0.2) is 26.9 Å². The number of aryl methyl sites for hydroxylation is 1. The zero-order valence-corrected chi connectivity index (χ0v) is 13.3. The number of carbonyl (C=O) groups excluding carboxylic acids is 1. The molecule has 0 aliphatic heterocycles. The minimum Gasteiger partial charge on any atom is -0.504 e. The van der Waals surface area contributed by atoms with Crippen molar-refractivity contribution < 1.29 is 19.8 Å². The molecule has 1 aromatic carbocycles. The lowest BCUT2D eigenvalue weighted by molar-refractivity contribution is -0.136. The highest BCUT2D eigenvalue weighted by Crippen LogP contribution is 2.29. The van der Waals surface area contributed by atoms with Crippen molar-refractivity contribution in [2.75, 3.05) is 0 Å². The highest BCUT2D eigenvalue weighted by molar-refractivity contribution is 5.99. The standard InChI is InChI=1S/C18H13N3O4/c1-10-6-11(8-19)2-3-13(10)14-7-12(9-20)18(25)17(21-14)15(22)4-5-16(23)24/h2-3,6-7,25H,4-5H2,1H3,(H,23,24). The van der Waals surface area contributed by atoms with Gasteiger partial charge in [0.05, 0.1) is 29.3 Å². The Labute approximate surface area is 143 Å². The van der Waals surface area contributed by atoms with Crippen LogP contribution in [0.2, 0.25) is 0 Å². The van der Waals surface area contributed by atoms with Gasteiger partial charge >= 0.3 is 5.97 Å². The molecule has 0 amide bonds. The first kappa shape index (κ1) is 17.6. The summed E-state index contributed by atoms with van der Waals surface area (Å²) < 4.78 is 0. The summed E-state index contributed by atoms with van der Waals surface area (Å²) in [4.78, 5) is 26.9. The third-order valence-corrected chi connectivity index (χ3v) is 3.57. The smallest absolute Gasteiger partial charge is 0.303 e. The molecule has 0 saturated carbocycles. The normalized spacial score (nSPS) is 9.88. The summed E-state index contributed by atoms with van der Waals surface area (Å²) in [7, 11) is 0. The van der Waals surface area contributed by atoms with Gasteiger partial charge in [-0.2, -0.15) is 10.5 Å². The van der Waals surface area contributed by atoms with Crippen molar-refractivity contribution in [3.05, 3.63) is 46.6 Å². The number of ketones is 1. The summed E-state index contributed by atoms with van der Waals surface area (Å²) in [5.74, 6) is -2.37. The molecule has 0 atom stereocenters. The lowest BCUT2D eigenvalue weighted by Gasteiger charge is -2.10. The molecule has 0 aliphatic rings. The predicted octanol–water partition coefficient (Wildman–Crippen LogP) is 2.55. The predicted molar refractivity (Wildman–Crippen MR) is 86.7 cm³/mol. The topological polar surface area (TPSA) is 135 Å². The third-order valence-electron chi connectivity index (χ3n) is 3.57. The zero-order chi connectivity index (χ0) is 18.6. The van der Waals surface area contributed by atoms with Crippen LogP contribution < -0.4 is 0 Å². The molecular weight excluding hydrogens is 322 g/mol. The molecule has 124 valence electrons. The first-order chi connectivity index (χ1) is 11.9. The number of aliphatic carboxylic acids is 1. The molecule has 7 nitrogen and oxygen atoms in total. The van der Waals surface area contributed by atoms with E-state index in [2.05, 4.69) is 4.98 Å². The highest BCUT2D eigenvalue weighted by Gasteiger charge is 2.20. The van der Waals surface area contributed by atoms with E-state index in [-0.39, 0.29) is 23.4 Å². The maximum atomic E-state index is 12.2. The van der Waals surface area contributed by atoms with Crippen LogP contribution in [0, 0.1) is 29.6 Å². The van der Waals surface area contributed by atoms with Crippen LogP contribution in [0.4, 0.5) is 0 Å². The number of hydrogen-bond donors (Lipinski definition) is 2. The summed E-state index contributed by atoms with van der Waals surface area (Å²) in [6.07, 6.45) is -0.738. The minimum absolute atomic E-state index is 0.132. The van der Waals surface area contributed by atoms with E-state index in [1.165, 1.54) is 6.07 Å². The Hall–Kier alpha value is -3.71. The van der Waals surface area contributed by atoms with Gasteiger partial charge in [-0.25, -0.2) is 4.98 Å². The number of Topliss-reactive ketones (excluding diaryl/α,β-unsaturated/α-hetero) is 1. The van der Waals surface area contributed by atoms with Crippen LogP contribution in [0.15, 0.2) is 24.3 Å². The number of aromatic hydroxyl groups is 1. The molecule has 2 rings (SSSR count). The molecular formula is C18H13N3O4. The van der Waals surface area contributed by atoms with Crippen molar-refractivity contribution in [3.8, 4) is 29.1 Å². The van der Waals surface area contributed by atoms with Crippen molar-refractivity contribution in [1.29, 1.82) is 10.5 Å². The van der Waals surface area contributed by atoms with Gasteiger partial charge in [-0.3, -0.25) is 9.59 Å². The van der Waals surface area contributed by atoms with E-state index in [1.807, 2.05) is 6.07 Å². The fourth-order valence-electron chi connectivity index (χ4n) is 2.32. The van der Waals surface area contributed by atoms with E-state index < -0.39 is 23.9 Å². The summed E-state index contributed by atoms with van der Waals surface area (Å²) in [6.45, 7) is 1.75. The summed E-state index contributed by atoms with van der Waals surface area (Å²) >= 11 is 0. The number of benzene rings is 1. The van der Waals surface area contributed by atoms with Crippen molar-refractivity contribution in [1.82, 2.24) is 4.98 Å². The molecule has 0 saturated heterocycles. The lowest BCUT2D eigenvalue weighted by atomic mass is 9.99. The molecule has 25 heavy (non-hydrogen) atoms. The number of aromatic nitrogens is 1. The van der Waals surface area contributed by atoms with Gasteiger partial charge in [-0.05, 0) is 30.7 Å². The molecule has 0 spiro atoms. The lowest BCUT2D eigenvalue weighted by Crippen LogP contribution is -2.08. The van der Waals surface area contributed by atoms with E-state index in [0.717, 1.165) is 0 Å². The Kier molecular flexibility index (Phi) is 5.11. The average molecular weight is 335 g/mol. The Bertz CT molecular complexity index is 952. The number of carboxylic acid groups (broad SMARTS) is 1. The summed E-state index contributed by atoms with van der Waals surface area (Å²) in [5.41, 5.74) is 1.59. The first-order valence-electron chi connectivity index (χ1n) is 7.27. The molecule has 2 N–H and O–H groups in total. The van der Waals surface area contributed by atoms with Crippen LogP contribution >= 0.6 is 0 Å². The van der Waals surface area contributed by atoms with Gasteiger partial charge in [0, 0.05) is 12.0 Å². The van der Waals surface area contributed by atoms with E-state index >= 15 is 0 Å². The molecule has 2 aromatic rings. The largest absolute Gasteiger partial charge is 0.504 e. The summed E-state index contributed by atoms with van der Waals surface area (Å²) in [6, 6.07) is 10.0. The number of nitrogens with zero attached hydrogens (tertiary/aromatic N) is 3. The van der Waals surface area contributed by atoms with Crippen LogP contribution in [0.5, 0.6) is 5.75 Å². The second-order valence-corrected chi connectivity index (χ2v) is 5.32. The Balaban J connectivity index is 2.56. The van der Waals surface area contributed by atoms with Crippen molar-refractivity contribution in [3.63, 3.8) is 0 Å². The van der Waals surface area contributed by atoms with Gasteiger partial charge in [0.25, 0.3) is 0 Å². The van der Waals surface area contributed by atoms with Crippen LogP contribution in [-0.2, 0) is 4.79 Å². The van der Waals surface area contributed by atoms with Gasteiger partial charge in [0.1, 0.15) is 11.8 Å².